The smallest absolute Gasteiger partial charge is 0.120 e. The van der Waals surface area contributed by atoms with Gasteiger partial charge in [-0.05, 0) is 30.4 Å². The maximum absolute atomic E-state index is 9.68. The number of phenolic OH excluding ortho intramolecular Hbond substituents is 1. The van der Waals surface area contributed by atoms with Crippen molar-refractivity contribution in [3.63, 3.8) is 0 Å². The van der Waals surface area contributed by atoms with Crippen LogP contribution in [0.4, 0.5) is 0 Å². The predicted molar refractivity (Wildman–Crippen MR) is 55.0 cm³/mol. The quantitative estimate of drug-likeness (QED) is 0.710. The lowest BCUT2D eigenvalue weighted by molar-refractivity contribution is 0.240. The van der Waals surface area contributed by atoms with Gasteiger partial charge in [0.15, 0.2) is 0 Å². The van der Waals surface area contributed by atoms with E-state index in [0.717, 1.165) is 18.0 Å². The molecular formula is C12H15NO. The third kappa shape index (κ3) is 1.07. The van der Waals surface area contributed by atoms with E-state index in [-0.39, 0.29) is 0 Å². The van der Waals surface area contributed by atoms with Crippen molar-refractivity contribution in [3.8, 4) is 5.75 Å². The van der Waals surface area contributed by atoms with Gasteiger partial charge in [0.25, 0.3) is 0 Å². The lowest BCUT2D eigenvalue weighted by Gasteiger charge is -2.31. The van der Waals surface area contributed by atoms with Crippen LogP contribution >= 0.6 is 0 Å². The lowest BCUT2D eigenvalue weighted by Crippen LogP contribution is -2.26. The fourth-order valence-corrected chi connectivity index (χ4v) is 2.59. The van der Waals surface area contributed by atoms with Gasteiger partial charge in [0.05, 0.1) is 0 Å². The van der Waals surface area contributed by atoms with Crippen molar-refractivity contribution in [2.45, 2.75) is 31.8 Å². The summed E-state index contributed by atoms with van der Waals surface area (Å²) in [5.41, 5.74) is 2.44. The molecule has 1 fully saturated rings. The minimum Gasteiger partial charge on any atom is -0.508 e. The molecule has 74 valence electrons. The third-order valence-electron chi connectivity index (χ3n) is 3.64. The number of phenols is 1. The van der Waals surface area contributed by atoms with Gasteiger partial charge in [0.2, 0.25) is 0 Å². The molecule has 2 aliphatic rings. The molecule has 1 aliphatic carbocycles. The summed E-state index contributed by atoms with van der Waals surface area (Å²) in [6, 6.07) is 6.39. The van der Waals surface area contributed by atoms with Crippen LogP contribution in [0.2, 0.25) is 0 Å². The van der Waals surface area contributed by atoms with Gasteiger partial charge in [0.1, 0.15) is 5.75 Å². The molecular weight excluding hydrogens is 174 g/mol. The third-order valence-corrected chi connectivity index (χ3v) is 3.64. The van der Waals surface area contributed by atoms with E-state index in [9.17, 15) is 5.11 Å². The molecule has 0 bridgehead atoms. The van der Waals surface area contributed by atoms with E-state index in [1.54, 1.807) is 6.07 Å². The molecule has 1 aromatic rings. The van der Waals surface area contributed by atoms with Crippen molar-refractivity contribution >= 4 is 0 Å². The standard InChI is InChI=1S/C12H15NO/c14-11-6-2-5-9-10(11)7-13-12(9)8-3-1-4-8/h2,5-6,8,12-14H,1,3-4,7H2. The van der Waals surface area contributed by atoms with E-state index in [2.05, 4.69) is 11.4 Å². The summed E-state index contributed by atoms with van der Waals surface area (Å²) in [5.74, 6) is 1.26. The van der Waals surface area contributed by atoms with E-state index < -0.39 is 0 Å². The van der Waals surface area contributed by atoms with Crippen molar-refractivity contribution in [1.82, 2.24) is 5.32 Å². The van der Waals surface area contributed by atoms with E-state index in [1.807, 2.05) is 6.07 Å². The Labute approximate surface area is 84.0 Å². The zero-order valence-corrected chi connectivity index (χ0v) is 8.16. The molecule has 2 N–H and O–H groups in total. The molecule has 2 heteroatoms. The average Bonchev–Trinajstić information content (AvgIpc) is 2.48. The molecule has 14 heavy (non-hydrogen) atoms. The summed E-state index contributed by atoms with van der Waals surface area (Å²) in [4.78, 5) is 0. The van der Waals surface area contributed by atoms with Crippen LogP contribution in [0.5, 0.6) is 5.75 Å². The molecule has 0 spiro atoms. The number of rotatable bonds is 1. The summed E-state index contributed by atoms with van der Waals surface area (Å²) < 4.78 is 0. The van der Waals surface area contributed by atoms with Crippen LogP contribution in [-0.4, -0.2) is 5.11 Å². The largest absolute Gasteiger partial charge is 0.508 e. The van der Waals surface area contributed by atoms with Crippen LogP contribution in [-0.2, 0) is 6.54 Å². The zero-order chi connectivity index (χ0) is 9.54. The molecule has 1 atom stereocenters. The minimum atomic E-state index is 0.455. The summed E-state index contributed by atoms with van der Waals surface area (Å²) in [5, 5.41) is 13.2. The maximum Gasteiger partial charge on any atom is 0.120 e. The number of hydrogen-bond acceptors (Lipinski definition) is 2. The van der Waals surface area contributed by atoms with E-state index in [4.69, 9.17) is 0 Å². The van der Waals surface area contributed by atoms with Crippen LogP contribution in [0.25, 0.3) is 0 Å². The van der Waals surface area contributed by atoms with Gasteiger partial charge in [0, 0.05) is 18.2 Å². The zero-order valence-electron chi connectivity index (χ0n) is 8.16. The normalized spacial score (nSPS) is 25.9. The molecule has 3 rings (SSSR count). The highest BCUT2D eigenvalue weighted by Crippen LogP contribution is 2.43. The second kappa shape index (κ2) is 2.99. The molecule has 1 heterocycles. The van der Waals surface area contributed by atoms with Crippen molar-refractivity contribution in [2.75, 3.05) is 0 Å². The molecule has 2 nitrogen and oxygen atoms in total. The first-order valence-corrected chi connectivity index (χ1v) is 5.40. The Morgan fingerprint density at radius 3 is 2.86 bits per heavy atom. The number of nitrogens with one attached hydrogen (secondary N) is 1. The van der Waals surface area contributed by atoms with Gasteiger partial charge in [-0.25, -0.2) is 0 Å². The molecule has 1 aromatic carbocycles. The van der Waals surface area contributed by atoms with Gasteiger partial charge in [-0.2, -0.15) is 0 Å². The molecule has 0 amide bonds. The monoisotopic (exact) mass is 189 g/mol. The Balaban J connectivity index is 1.97. The first-order valence-electron chi connectivity index (χ1n) is 5.40. The van der Waals surface area contributed by atoms with Gasteiger partial charge >= 0.3 is 0 Å². The Morgan fingerprint density at radius 2 is 2.14 bits per heavy atom. The number of hydrogen-bond donors (Lipinski definition) is 2. The first kappa shape index (κ1) is 8.30. The van der Waals surface area contributed by atoms with Crippen LogP contribution in [0.3, 0.4) is 0 Å². The topological polar surface area (TPSA) is 32.3 Å². The predicted octanol–water partition coefficient (Wildman–Crippen LogP) is 2.34. The van der Waals surface area contributed by atoms with Crippen LogP contribution in [0, 0.1) is 5.92 Å². The second-order valence-electron chi connectivity index (χ2n) is 4.39. The minimum absolute atomic E-state index is 0.455. The first-order chi connectivity index (χ1) is 6.86. The van der Waals surface area contributed by atoms with Gasteiger partial charge in [-0.15, -0.1) is 0 Å². The Morgan fingerprint density at radius 1 is 1.29 bits per heavy atom. The summed E-state index contributed by atoms with van der Waals surface area (Å²) >= 11 is 0. The molecule has 1 saturated carbocycles. The molecule has 1 aliphatic heterocycles. The van der Waals surface area contributed by atoms with E-state index in [0.29, 0.717) is 11.8 Å². The van der Waals surface area contributed by atoms with Crippen molar-refractivity contribution in [1.29, 1.82) is 0 Å². The Kier molecular flexibility index (Phi) is 1.77. The summed E-state index contributed by atoms with van der Waals surface area (Å²) in [7, 11) is 0. The maximum atomic E-state index is 9.68. The summed E-state index contributed by atoms with van der Waals surface area (Å²) in [6.45, 7) is 0.836. The molecule has 0 aromatic heterocycles. The SMILES string of the molecule is Oc1cccc2c1CNC2C1CCC1. The number of fused-ring (bicyclic) bond motifs is 1. The van der Waals surface area contributed by atoms with Crippen LogP contribution in [0.1, 0.15) is 36.4 Å². The average molecular weight is 189 g/mol. The van der Waals surface area contributed by atoms with Crippen LogP contribution in [0.15, 0.2) is 18.2 Å². The highest BCUT2D eigenvalue weighted by Gasteiger charge is 2.33. The number of benzene rings is 1. The van der Waals surface area contributed by atoms with Gasteiger partial charge < -0.3 is 10.4 Å². The number of aromatic hydroxyl groups is 1. The lowest BCUT2D eigenvalue weighted by atomic mass is 9.77. The van der Waals surface area contributed by atoms with Gasteiger partial charge in [-0.1, -0.05) is 18.6 Å². The fraction of sp³-hybridized carbons (Fsp3) is 0.500. The molecule has 0 radical (unpaired) electrons. The van der Waals surface area contributed by atoms with Crippen molar-refractivity contribution in [3.05, 3.63) is 29.3 Å². The van der Waals surface area contributed by atoms with Crippen LogP contribution < -0.4 is 5.32 Å². The molecule has 0 saturated heterocycles. The Bertz CT molecular complexity index is 357. The highest BCUT2D eigenvalue weighted by molar-refractivity contribution is 5.44. The Hall–Kier alpha value is -1.02. The van der Waals surface area contributed by atoms with E-state index in [1.165, 1.54) is 24.8 Å². The summed E-state index contributed by atoms with van der Waals surface area (Å²) in [6.07, 6.45) is 4.05. The molecule has 1 unspecified atom stereocenters. The highest BCUT2D eigenvalue weighted by atomic mass is 16.3. The fourth-order valence-electron chi connectivity index (χ4n) is 2.59. The van der Waals surface area contributed by atoms with Crippen molar-refractivity contribution in [2.24, 2.45) is 5.92 Å². The van der Waals surface area contributed by atoms with Gasteiger partial charge in [-0.3, -0.25) is 0 Å². The van der Waals surface area contributed by atoms with E-state index >= 15 is 0 Å². The van der Waals surface area contributed by atoms with Crippen molar-refractivity contribution < 1.29 is 5.11 Å². The second-order valence-corrected chi connectivity index (χ2v) is 4.39.